The van der Waals surface area contributed by atoms with Crippen LogP contribution in [0.4, 0.5) is 4.39 Å². The van der Waals surface area contributed by atoms with Gasteiger partial charge in [0, 0.05) is 6.04 Å². The van der Waals surface area contributed by atoms with E-state index in [9.17, 15) is 22.4 Å². The number of sulfone groups is 1. The Labute approximate surface area is 147 Å². The van der Waals surface area contributed by atoms with E-state index in [-0.39, 0.29) is 23.4 Å². The van der Waals surface area contributed by atoms with Gasteiger partial charge in [-0.2, -0.15) is 0 Å². The highest BCUT2D eigenvalue weighted by atomic mass is 32.2. The summed E-state index contributed by atoms with van der Waals surface area (Å²) in [6, 6.07) is 4.40. The second kappa shape index (κ2) is 8.42. The molecule has 0 spiro atoms. The van der Waals surface area contributed by atoms with Gasteiger partial charge in [0.15, 0.2) is 9.84 Å². The van der Waals surface area contributed by atoms with Gasteiger partial charge in [-0.3, -0.25) is 9.59 Å². The van der Waals surface area contributed by atoms with Crippen LogP contribution in [0.1, 0.15) is 39.0 Å². The number of rotatable bonds is 6. The summed E-state index contributed by atoms with van der Waals surface area (Å²) < 4.78 is 37.6. The summed E-state index contributed by atoms with van der Waals surface area (Å²) in [7, 11) is -3.94. The van der Waals surface area contributed by atoms with Gasteiger partial charge in [-0.1, -0.05) is 19.3 Å². The van der Waals surface area contributed by atoms with Crippen LogP contribution in [0.15, 0.2) is 29.2 Å². The van der Waals surface area contributed by atoms with Crippen molar-refractivity contribution in [2.24, 2.45) is 0 Å². The quantitative estimate of drug-likeness (QED) is 0.743. The summed E-state index contributed by atoms with van der Waals surface area (Å²) >= 11 is 0. The molecule has 8 heteroatoms. The number of benzene rings is 1. The van der Waals surface area contributed by atoms with Gasteiger partial charge in [0.25, 0.3) is 0 Å². The lowest BCUT2D eigenvalue weighted by molar-refractivity contribution is -0.126. The van der Waals surface area contributed by atoms with Crippen molar-refractivity contribution in [2.75, 3.05) is 6.54 Å². The van der Waals surface area contributed by atoms with E-state index in [0.717, 1.165) is 49.9 Å². The Balaban J connectivity index is 1.88. The Morgan fingerprint density at radius 1 is 1.16 bits per heavy atom. The Morgan fingerprint density at radius 3 is 2.36 bits per heavy atom. The molecule has 1 aliphatic rings. The average Bonchev–Trinajstić information content (AvgIpc) is 2.60. The highest BCUT2D eigenvalue weighted by Crippen LogP contribution is 2.18. The molecule has 1 aromatic carbocycles. The van der Waals surface area contributed by atoms with Crippen LogP contribution in [0.3, 0.4) is 0 Å². The normalized spacial score (nSPS) is 16.9. The van der Waals surface area contributed by atoms with Crippen molar-refractivity contribution in [2.45, 2.75) is 55.2 Å². The van der Waals surface area contributed by atoms with Gasteiger partial charge in [-0.15, -0.1) is 0 Å². The number of halogens is 1. The van der Waals surface area contributed by atoms with Crippen molar-refractivity contribution in [3.63, 3.8) is 0 Å². The largest absolute Gasteiger partial charge is 0.352 e. The van der Waals surface area contributed by atoms with E-state index >= 15 is 0 Å². The fraction of sp³-hybridized carbons (Fsp3) is 0.529. The number of carbonyl (C=O) groups excluding carboxylic acids is 2. The van der Waals surface area contributed by atoms with E-state index in [1.165, 1.54) is 13.3 Å². The number of amides is 2. The van der Waals surface area contributed by atoms with Gasteiger partial charge in [0.2, 0.25) is 11.8 Å². The molecule has 6 nitrogen and oxygen atoms in total. The maximum atomic E-state index is 12.9. The zero-order valence-electron chi connectivity index (χ0n) is 14.1. The highest BCUT2D eigenvalue weighted by Gasteiger charge is 2.30. The van der Waals surface area contributed by atoms with Crippen molar-refractivity contribution in [3.05, 3.63) is 30.1 Å². The van der Waals surface area contributed by atoms with Crippen LogP contribution < -0.4 is 10.6 Å². The van der Waals surface area contributed by atoms with Gasteiger partial charge in [-0.25, -0.2) is 12.8 Å². The van der Waals surface area contributed by atoms with Crippen LogP contribution in [0.2, 0.25) is 0 Å². The first kappa shape index (κ1) is 19.4. The van der Waals surface area contributed by atoms with Crippen LogP contribution in [-0.2, 0) is 19.4 Å². The summed E-state index contributed by atoms with van der Waals surface area (Å²) in [5, 5.41) is 3.83. The molecule has 2 rings (SSSR count). The maximum Gasteiger partial charge on any atom is 0.239 e. The van der Waals surface area contributed by atoms with Crippen molar-refractivity contribution in [3.8, 4) is 0 Å². The number of hydrogen-bond acceptors (Lipinski definition) is 4. The molecular formula is C17H23FN2O4S. The molecule has 2 amide bonds. The summed E-state index contributed by atoms with van der Waals surface area (Å²) in [5.74, 6) is -1.65. The Hall–Kier alpha value is -1.96. The Kier molecular flexibility index (Phi) is 6.52. The molecule has 1 fully saturated rings. The summed E-state index contributed by atoms with van der Waals surface area (Å²) in [5.41, 5.74) is 0. The molecule has 1 aromatic rings. The zero-order valence-corrected chi connectivity index (χ0v) is 14.9. The van der Waals surface area contributed by atoms with Crippen molar-refractivity contribution >= 4 is 21.7 Å². The predicted octanol–water partition coefficient (Wildman–Crippen LogP) is 1.55. The van der Waals surface area contributed by atoms with Crippen LogP contribution in [0.5, 0.6) is 0 Å². The maximum absolute atomic E-state index is 12.9. The molecule has 0 heterocycles. The molecular weight excluding hydrogens is 347 g/mol. The average molecular weight is 370 g/mol. The van der Waals surface area contributed by atoms with Gasteiger partial charge in [0.1, 0.15) is 11.1 Å². The molecule has 0 radical (unpaired) electrons. The Morgan fingerprint density at radius 2 is 1.76 bits per heavy atom. The SMILES string of the molecule is CC(C(=O)NCC(=O)NC1CCCCC1)S(=O)(=O)c1ccc(F)cc1. The predicted molar refractivity (Wildman–Crippen MR) is 91.1 cm³/mol. The molecule has 1 aliphatic carbocycles. The number of nitrogens with one attached hydrogen (secondary N) is 2. The number of carbonyl (C=O) groups is 2. The van der Waals surface area contributed by atoms with Crippen LogP contribution >= 0.6 is 0 Å². The fourth-order valence-electron chi connectivity index (χ4n) is 2.81. The lowest BCUT2D eigenvalue weighted by Gasteiger charge is -2.23. The van der Waals surface area contributed by atoms with E-state index in [0.29, 0.717) is 0 Å². The third-order valence-corrected chi connectivity index (χ3v) is 6.44. The second-order valence-electron chi connectivity index (χ2n) is 6.26. The molecule has 1 atom stereocenters. The number of hydrogen-bond donors (Lipinski definition) is 2. The van der Waals surface area contributed by atoms with Gasteiger partial charge in [0.05, 0.1) is 11.4 Å². The standard InChI is InChI=1S/C17H23FN2O4S/c1-12(25(23,24)15-9-7-13(18)8-10-15)17(22)19-11-16(21)20-14-5-3-2-4-6-14/h7-10,12,14H,2-6,11H2,1H3,(H,19,22)(H,20,21). The topological polar surface area (TPSA) is 92.3 Å². The van der Waals surface area contributed by atoms with Gasteiger partial charge < -0.3 is 10.6 Å². The summed E-state index contributed by atoms with van der Waals surface area (Å²) in [6.07, 6.45) is 5.17. The summed E-state index contributed by atoms with van der Waals surface area (Å²) in [6.45, 7) is 0.978. The lowest BCUT2D eigenvalue weighted by atomic mass is 9.95. The molecule has 138 valence electrons. The minimum absolute atomic E-state index is 0.124. The Bertz CT molecular complexity index is 713. The van der Waals surface area contributed by atoms with Crippen LogP contribution in [0.25, 0.3) is 0 Å². The molecule has 0 aromatic heterocycles. The smallest absolute Gasteiger partial charge is 0.239 e. The fourth-order valence-corrected chi connectivity index (χ4v) is 4.09. The molecule has 25 heavy (non-hydrogen) atoms. The third-order valence-electron chi connectivity index (χ3n) is 4.37. The second-order valence-corrected chi connectivity index (χ2v) is 8.53. The van der Waals surface area contributed by atoms with E-state index in [2.05, 4.69) is 10.6 Å². The first-order valence-electron chi connectivity index (χ1n) is 8.37. The van der Waals surface area contributed by atoms with Gasteiger partial charge >= 0.3 is 0 Å². The third kappa shape index (κ3) is 5.26. The minimum Gasteiger partial charge on any atom is -0.352 e. The first-order chi connectivity index (χ1) is 11.8. The van der Waals surface area contributed by atoms with E-state index < -0.39 is 26.8 Å². The van der Waals surface area contributed by atoms with E-state index in [1.54, 1.807) is 0 Å². The zero-order chi connectivity index (χ0) is 18.4. The highest BCUT2D eigenvalue weighted by molar-refractivity contribution is 7.92. The molecule has 0 saturated heterocycles. The van der Waals surface area contributed by atoms with E-state index in [4.69, 9.17) is 0 Å². The molecule has 0 bridgehead atoms. The van der Waals surface area contributed by atoms with Crippen LogP contribution in [-0.4, -0.2) is 38.1 Å². The monoisotopic (exact) mass is 370 g/mol. The van der Waals surface area contributed by atoms with Crippen molar-refractivity contribution < 1.29 is 22.4 Å². The van der Waals surface area contributed by atoms with E-state index in [1.807, 2.05) is 0 Å². The van der Waals surface area contributed by atoms with Gasteiger partial charge in [-0.05, 0) is 44.0 Å². The lowest BCUT2D eigenvalue weighted by Crippen LogP contribution is -2.45. The summed E-state index contributed by atoms with van der Waals surface area (Å²) in [4.78, 5) is 23.8. The van der Waals surface area contributed by atoms with Crippen LogP contribution in [0, 0.1) is 5.82 Å². The molecule has 1 saturated carbocycles. The van der Waals surface area contributed by atoms with Crippen molar-refractivity contribution in [1.82, 2.24) is 10.6 Å². The van der Waals surface area contributed by atoms with Crippen molar-refractivity contribution in [1.29, 1.82) is 0 Å². The molecule has 2 N–H and O–H groups in total. The molecule has 0 aliphatic heterocycles. The minimum atomic E-state index is -3.94. The molecule has 1 unspecified atom stereocenters. The first-order valence-corrected chi connectivity index (χ1v) is 9.92.